The summed E-state index contributed by atoms with van der Waals surface area (Å²) in [5, 5.41) is 5.11. The van der Waals surface area contributed by atoms with Crippen LogP contribution in [0.3, 0.4) is 0 Å². The average Bonchev–Trinajstić information content (AvgIpc) is 2.88. The molecule has 2 N–H and O–H groups in total. The summed E-state index contributed by atoms with van der Waals surface area (Å²) in [7, 11) is -1.54. The lowest BCUT2D eigenvalue weighted by atomic mass is 10.4. The molecule has 0 aliphatic carbocycles. The van der Waals surface area contributed by atoms with Gasteiger partial charge in [-0.15, -0.1) is 11.3 Å². The van der Waals surface area contributed by atoms with Crippen molar-refractivity contribution >= 4 is 26.3 Å². The fourth-order valence-electron chi connectivity index (χ4n) is 1.67. The molecule has 0 fully saturated rings. The van der Waals surface area contributed by atoms with Crippen molar-refractivity contribution in [1.82, 2.24) is 19.4 Å². The first-order valence-electron chi connectivity index (χ1n) is 5.65. The molecule has 9 heteroatoms. The molecule has 7 nitrogen and oxygen atoms in total. The second-order valence-electron chi connectivity index (χ2n) is 3.97. The predicted molar refractivity (Wildman–Crippen MR) is 74.2 cm³/mol. The molecule has 0 saturated heterocycles. The maximum atomic E-state index is 10.9. The number of ether oxygens (including phenoxy) is 1. The Kier molecular flexibility index (Phi) is 4.40. The Morgan fingerprint density at radius 1 is 1.47 bits per heavy atom. The van der Waals surface area contributed by atoms with Gasteiger partial charge in [-0.05, 0) is 0 Å². The lowest BCUT2D eigenvalue weighted by Crippen LogP contribution is -2.31. The summed E-state index contributed by atoms with van der Waals surface area (Å²) in [5.41, 5.74) is 0.929. The van der Waals surface area contributed by atoms with Crippen molar-refractivity contribution in [2.45, 2.75) is 6.54 Å². The number of sulfonamides is 1. The summed E-state index contributed by atoms with van der Waals surface area (Å²) in [5.74, 6) is 0.593. The van der Waals surface area contributed by atoms with E-state index in [1.807, 2.05) is 16.0 Å². The van der Waals surface area contributed by atoms with Crippen molar-refractivity contribution in [3.05, 3.63) is 17.3 Å². The number of hydrogen-bond acceptors (Lipinski definition) is 6. The minimum absolute atomic E-state index is 0.354. The van der Waals surface area contributed by atoms with E-state index in [0.717, 1.165) is 16.9 Å². The summed E-state index contributed by atoms with van der Waals surface area (Å²) >= 11 is 1.54. The minimum atomic E-state index is -3.13. The number of nitrogens with zero attached hydrogens (tertiary/aromatic N) is 2. The second-order valence-corrected chi connectivity index (χ2v) is 6.67. The van der Waals surface area contributed by atoms with Crippen LogP contribution in [0.2, 0.25) is 0 Å². The Hall–Kier alpha value is -1.16. The van der Waals surface area contributed by atoms with Crippen LogP contribution in [-0.2, 0) is 16.6 Å². The van der Waals surface area contributed by atoms with Gasteiger partial charge in [0.25, 0.3) is 0 Å². The lowest BCUT2D eigenvalue weighted by molar-refractivity contribution is 0.393. The first-order valence-corrected chi connectivity index (χ1v) is 8.42. The standard InChI is InChI=1S/C10H16N4O3S2/c1-17-9-8(14-5-6-18-10(14)13-9)7-11-3-4-12-19(2,15)16/h5-6,11-12H,3-4,7H2,1-2H3. The van der Waals surface area contributed by atoms with Crippen LogP contribution in [0.15, 0.2) is 11.6 Å². The third kappa shape index (κ3) is 3.66. The Morgan fingerprint density at radius 2 is 2.26 bits per heavy atom. The number of fused-ring (bicyclic) bond motifs is 1. The third-order valence-electron chi connectivity index (χ3n) is 2.48. The normalized spacial score (nSPS) is 12.1. The maximum absolute atomic E-state index is 10.9. The average molecular weight is 304 g/mol. The van der Waals surface area contributed by atoms with E-state index in [2.05, 4.69) is 15.0 Å². The van der Waals surface area contributed by atoms with Gasteiger partial charge in [-0.1, -0.05) is 0 Å². The molecule has 0 spiro atoms. The Labute approximate surface area is 115 Å². The molecular weight excluding hydrogens is 288 g/mol. The molecule has 0 radical (unpaired) electrons. The predicted octanol–water partition coefficient (Wildman–Crippen LogP) is 0.0432. The van der Waals surface area contributed by atoms with Gasteiger partial charge in [0.05, 0.1) is 13.4 Å². The zero-order chi connectivity index (χ0) is 13.9. The number of hydrogen-bond donors (Lipinski definition) is 2. The van der Waals surface area contributed by atoms with E-state index in [9.17, 15) is 8.42 Å². The highest BCUT2D eigenvalue weighted by Gasteiger charge is 2.12. The monoisotopic (exact) mass is 304 g/mol. The van der Waals surface area contributed by atoms with Crippen molar-refractivity contribution in [2.24, 2.45) is 0 Å². The smallest absolute Gasteiger partial charge is 0.237 e. The molecule has 0 saturated carbocycles. The zero-order valence-electron chi connectivity index (χ0n) is 10.7. The molecule has 0 aliphatic rings. The Morgan fingerprint density at radius 3 is 2.95 bits per heavy atom. The molecule has 2 aromatic heterocycles. The van der Waals surface area contributed by atoms with Crippen molar-refractivity contribution < 1.29 is 13.2 Å². The third-order valence-corrected chi connectivity index (χ3v) is 3.96. The number of aromatic nitrogens is 2. The summed E-state index contributed by atoms with van der Waals surface area (Å²) in [6.45, 7) is 1.45. The van der Waals surface area contributed by atoms with Crippen LogP contribution in [0, 0.1) is 0 Å². The van der Waals surface area contributed by atoms with Crippen LogP contribution in [0.4, 0.5) is 0 Å². The minimum Gasteiger partial charge on any atom is -0.480 e. The molecule has 106 valence electrons. The number of thiazole rings is 1. The SMILES string of the molecule is COc1nc2sccn2c1CNCCNS(C)(=O)=O. The van der Waals surface area contributed by atoms with Gasteiger partial charge < -0.3 is 10.1 Å². The first kappa shape index (κ1) is 14.3. The number of nitrogens with one attached hydrogen (secondary N) is 2. The zero-order valence-corrected chi connectivity index (χ0v) is 12.3. The first-order chi connectivity index (χ1) is 9.01. The molecular formula is C10H16N4O3S2. The van der Waals surface area contributed by atoms with Crippen molar-refractivity contribution in [3.8, 4) is 5.88 Å². The van der Waals surface area contributed by atoms with Gasteiger partial charge >= 0.3 is 0 Å². The number of imidazole rings is 1. The van der Waals surface area contributed by atoms with Crippen LogP contribution in [-0.4, -0.2) is 44.3 Å². The van der Waals surface area contributed by atoms with Crippen molar-refractivity contribution in [1.29, 1.82) is 0 Å². The van der Waals surface area contributed by atoms with Crippen LogP contribution in [0.25, 0.3) is 4.96 Å². The van der Waals surface area contributed by atoms with Gasteiger partial charge in [0.2, 0.25) is 15.9 Å². The highest BCUT2D eigenvalue weighted by molar-refractivity contribution is 7.88. The van der Waals surface area contributed by atoms with Crippen molar-refractivity contribution in [3.63, 3.8) is 0 Å². The number of rotatable bonds is 7. The summed E-state index contributed by atoms with van der Waals surface area (Å²) < 4.78 is 31.4. The molecule has 2 rings (SSSR count). The molecule has 2 heterocycles. The van der Waals surface area contributed by atoms with E-state index < -0.39 is 10.0 Å². The number of methoxy groups -OCH3 is 1. The molecule has 0 amide bonds. The highest BCUT2D eigenvalue weighted by Crippen LogP contribution is 2.22. The second kappa shape index (κ2) is 5.87. The molecule has 0 bridgehead atoms. The Balaban J connectivity index is 1.92. The van der Waals surface area contributed by atoms with Crippen LogP contribution in [0.5, 0.6) is 5.88 Å². The van der Waals surface area contributed by atoms with Gasteiger partial charge in [-0.2, -0.15) is 4.98 Å². The van der Waals surface area contributed by atoms with E-state index >= 15 is 0 Å². The van der Waals surface area contributed by atoms with E-state index in [1.165, 1.54) is 11.3 Å². The molecule has 0 aromatic carbocycles. The topological polar surface area (TPSA) is 84.7 Å². The molecule has 0 unspecified atom stereocenters. The van der Waals surface area contributed by atoms with Crippen molar-refractivity contribution in [2.75, 3.05) is 26.5 Å². The molecule has 0 atom stereocenters. The van der Waals surface area contributed by atoms with Crippen LogP contribution < -0.4 is 14.8 Å². The Bertz CT molecular complexity index is 647. The fourth-order valence-corrected chi connectivity index (χ4v) is 2.87. The van der Waals surface area contributed by atoms with Gasteiger partial charge in [0, 0.05) is 31.2 Å². The largest absolute Gasteiger partial charge is 0.480 e. The molecule has 2 aromatic rings. The van der Waals surface area contributed by atoms with Gasteiger partial charge in [0.1, 0.15) is 5.69 Å². The lowest BCUT2D eigenvalue weighted by Gasteiger charge is -2.06. The fraction of sp³-hybridized carbons (Fsp3) is 0.500. The summed E-state index contributed by atoms with van der Waals surface area (Å²) in [6, 6.07) is 0. The van der Waals surface area contributed by atoms with Gasteiger partial charge in [-0.25, -0.2) is 13.1 Å². The van der Waals surface area contributed by atoms with Crippen LogP contribution >= 0.6 is 11.3 Å². The van der Waals surface area contributed by atoms with Gasteiger partial charge in [0.15, 0.2) is 4.96 Å². The maximum Gasteiger partial charge on any atom is 0.237 e. The van der Waals surface area contributed by atoms with E-state index in [4.69, 9.17) is 4.74 Å². The van der Waals surface area contributed by atoms with E-state index in [1.54, 1.807) is 7.11 Å². The highest BCUT2D eigenvalue weighted by atomic mass is 32.2. The van der Waals surface area contributed by atoms with Crippen LogP contribution in [0.1, 0.15) is 5.69 Å². The summed E-state index contributed by atoms with van der Waals surface area (Å²) in [6.07, 6.45) is 3.07. The quantitative estimate of drug-likeness (QED) is 0.706. The summed E-state index contributed by atoms with van der Waals surface area (Å²) in [4.78, 5) is 5.21. The van der Waals surface area contributed by atoms with Gasteiger partial charge in [-0.3, -0.25) is 4.40 Å². The molecule has 0 aliphatic heterocycles. The van der Waals surface area contributed by atoms with E-state index in [-0.39, 0.29) is 0 Å². The molecule has 19 heavy (non-hydrogen) atoms. The van der Waals surface area contributed by atoms with E-state index in [0.29, 0.717) is 25.5 Å².